The molecule has 1 amide bonds. The van der Waals surface area contributed by atoms with E-state index in [4.69, 9.17) is 0 Å². The minimum Gasteiger partial charge on any atom is -0.359 e. The molecule has 0 saturated carbocycles. The molecule has 1 aromatic heterocycles. The summed E-state index contributed by atoms with van der Waals surface area (Å²) in [4.78, 5) is 10.8. The van der Waals surface area contributed by atoms with Crippen molar-refractivity contribution in [2.24, 2.45) is 0 Å². The standard InChI is InChI=1S/C8H13N3O.C2H6/c1-6-5-7(11-10-6)3-4-8(12)9-2;1-2/h5H,3-4H2,1-2H3,(H,9,12)(H,10,11);1-2H3. The first-order valence-electron chi connectivity index (χ1n) is 4.94. The quantitative estimate of drug-likeness (QED) is 0.770. The Balaban J connectivity index is 0.000000791. The van der Waals surface area contributed by atoms with E-state index in [1.165, 1.54) is 0 Å². The number of hydrogen-bond donors (Lipinski definition) is 2. The molecular formula is C10H19N3O. The number of rotatable bonds is 3. The average molecular weight is 197 g/mol. The van der Waals surface area contributed by atoms with Crippen molar-refractivity contribution in [3.8, 4) is 0 Å². The summed E-state index contributed by atoms with van der Waals surface area (Å²) in [5.74, 6) is 0.0515. The van der Waals surface area contributed by atoms with Crippen LogP contribution in [0.2, 0.25) is 0 Å². The third-order valence-corrected chi connectivity index (χ3v) is 1.65. The molecule has 4 heteroatoms. The van der Waals surface area contributed by atoms with Crippen LogP contribution in [-0.4, -0.2) is 23.2 Å². The van der Waals surface area contributed by atoms with Crippen LogP contribution in [0.4, 0.5) is 0 Å². The fourth-order valence-electron chi connectivity index (χ4n) is 0.969. The van der Waals surface area contributed by atoms with Crippen molar-refractivity contribution in [2.75, 3.05) is 7.05 Å². The second kappa shape index (κ2) is 7.12. The Kier molecular flexibility index (Phi) is 6.45. The number of aryl methyl sites for hydroxylation is 2. The van der Waals surface area contributed by atoms with Gasteiger partial charge in [0.2, 0.25) is 5.91 Å². The van der Waals surface area contributed by atoms with Gasteiger partial charge in [-0.2, -0.15) is 5.10 Å². The molecule has 80 valence electrons. The second-order valence-electron chi connectivity index (χ2n) is 2.72. The number of aromatic nitrogens is 2. The fraction of sp³-hybridized carbons (Fsp3) is 0.600. The first-order chi connectivity index (χ1) is 6.72. The van der Waals surface area contributed by atoms with Crippen LogP contribution < -0.4 is 5.32 Å². The van der Waals surface area contributed by atoms with E-state index in [1.807, 2.05) is 26.8 Å². The van der Waals surface area contributed by atoms with Crippen molar-refractivity contribution in [1.82, 2.24) is 15.5 Å². The largest absolute Gasteiger partial charge is 0.359 e. The van der Waals surface area contributed by atoms with Crippen molar-refractivity contribution in [1.29, 1.82) is 0 Å². The van der Waals surface area contributed by atoms with E-state index in [0.717, 1.165) is 11.4 Å². The lowest BCUT2D eigenvalue weighted by Crippen LogP contribution is -2.17. The molecule has 2 N–H and O–H groups in total. The van der Waals surface area contributed by atoms with Gasteiger partial charge in [0.1, 0.15) is 0 Å². The van der Waals surface area contributed by atoms with E-state index in [-0.39, 0.29) is 5.91 Å². The Morgan fingerprint density at radius 1 is 1.57 bits per heavy atom. The highest BCUT2D eigenvalue weighted by Crippen LogP contribution is 2.00. The van der Waals surface area contributed by atoms with Crippen molar-refractivity contribution >= 4 is 5.91 Å². The number of carbonyl (C=O) groups excluding carboxylic acids is 1. The lowest BCUT2D eigenvalue weighted by molar-refractivity contribution is -0.120. The van der Waals surface area contributed by atoms with Crippen LogP contribution >= 0.6 is 0 Å². The lowest BCUT2D eigenvalue weighted by atomic mass is 10.2. The molecule has 0 aliphatic rings. The highest BCUT2D eigenvalue weighted by Gasteiger charge is 2.01. The Hall–Kier alpha value is -1.32. The molecular weight excluding hydrogens is 178 g/mol. The van der Waals surface area contributed by atoms with Gasteiger partial charge in [0.15, 0.2) is 0 Å². The molecule has 0 aliphatic heterocycles. The predicted octanol–water partition coefficient (Wildman–Crippen LogP) is 1.42. The number of nitrogens with one attached hydrogen (secondary N) is 2. The smallest absolute Gasteiger partial charge is 0.220 e. The van der Waals surface area contributed by atoms with Gasteiger partial charge in [-0.25, -0.2) is 0 Å². The highest BCUT2D eigenvalue weighted by atomic mass is 16.1. The van der Waals surface area contributed by atoms with Gasteiger partial charge < -0.3 is 5.32 Å². The molecule has 1 heterocycles. The number of H-pyrrole nitrogens is 1. The number of amides is 1. The summed E-state index contributed by atoms with van der Waals surface area (Å²) < 4.78 is 0. The van der Waals surface area contributed by atoms with Crippen molar-refractivity contribution < 1.29 is 4.79 Å². The molecule has 0 atom stereocenters. The third-order valence-electron chi connectivity index (χ3n) is 1.65. The maximum Gasteiger partial charge on any atom is 0.220 e. The number of carbonyl (C=O) groups is 1. The van der Waals surface area contributed by atoms with Gasteiger partial charge in [-0.05, 0) is 13.0 Å². The summed E-state index contributed by atoms with van der Waals surface area (Å²) in [6.07, 6.45) is 1.20. The van der Waals surface area contributed by atoms with E-state index in [1.54, 1.807) is 7.05 Å². The summed E-state index contributed by atoms with van der Waals surface area (Å²) in [6.45, 7) is 5.94. The van der Waals surface area contributed by atoms with Crippen LogP contribution in [-0.2, 0) is 11.2 Å². The van der Waals surface area contributed by atoms with Crippen LogP contribution in [0.25, 0.3) is 0 Å². The molecule has 0 saturated heterocycles. The van der Waals surface area contributed by atoms with Crippen LogP contribution in [0.5, 0.6) is 0 Å². The Bertz CT molecular complexity index is 268. The number of nitrogens with zero attached hydrogens (tertiary/aromatic N) is 1. The zero-order valence-corrected chi connectivity index (χ0v) is 9.35. The number of aromatic amines is 1. The zero-order chi connectivity index (χ0) is 11.0. The molecule has 14 heavy (non-hydrogen) atoms. The highest BCUT2D eigenvalue weighted by molar-refractivity contribution is 5.75. The predicted molar refractivity (Wildman–Crippen MR) is 57.1 cm³/mol. The molecule has 4 nitrogen and oxygen atoms in total. The molecule has 0 bridgehead atoms. The van der Waals surface area contributed by atoms with E-state index in [2.05, 4.69) is 15.5 Å². The molecule has 0 aliphatic carbocycles. The molecule has 0 fully saturated rings. The van der Waals surface area contributed by atoms with Gasteiger partial charge >= 0.3 is 0 Å². The Labute approximate surface area is 85.1 Å². The van der Waals surface area contributed by atoms with Gasteiger partial charge in [-0.1, -0.05) is 13.8 Å². The lowest BCUT2D eigenvalue weighted by Gasteiger charge is -1.95. The SMILES string of the molecule is CC.CNC(=O)CCc1cc(C)[nH]n1. The van der Waals surface area contributed by atoms with Crippen LogP contribution in [0.15, 0.2) is 6.07 Å². The van der Waals surface area contributed by atoms with Gasteiger partial charge in [0.05, 0.1) is 5.69 Å². The van der Waals surface area contributed by atoms with E-state index in [0.29, 0.717) is 12.8 Å². The maximum absolute atomic E-state index is 10.8. The molecule has 0 unspecified atom stereocenters. The van der Waals surface area contributed by atoms with Crippen LogP contribution in [0.3, 0.4) is 0 Å². The summed E-state index contributed by atoms with van der Waals surface area (Å²) in [6, 6.07) is 1.95. The first kappa shape index (κ1) is 12.7. The molecule has 1 aromatic rings. The van der Waals surface area contributed by atoms with Crippen molar-refractivity contribution in [3.63, 3.8) is 0 Å². The van der Waals surface area contributed by atoms with Gasteiger partial charge in [0.25, 0.3) is 0 Å². The maximum atomic E-state index is 10.8. The van der Waals surface area contributed by atoms with E-state index in [9.17, 15) is 4.79 Å². The summed E-state index contributed by atoms with van der Waals surface area (Å²) >= 11 is 0. The minimum absolute atomic E-state index is 0.0515. The number of hydrogen-bond acceptors (Lipinski definition) is 2. The molecule has 0 spiro atoms. The van der Waals surface area contributed by atoms with Crippen LogP contribution in [0, 0.1) is 6.92 Å². The third kappa shape index (κ3) is 4.64. The second-order valence-corrected chi connectivity index (χ2v) is 2.72. The Morgan fingerprint density at radius 3 is 2.64 bits per heavy atom. The van der Waals surface area contributed by atoms with E-state index < -0.39 is 0 Å². The average Bonchev–Trinajstić information content (AvgIpc) is 2.64. The van der Waals surface area contributed by atoms with Gasteiger partial charge in [-0.15, -0.1) is 0 Å². The fourth-order valence-corrected chi connectivity index (χ4v) is 0.969. The molecule has 1 rings (SSSR count). The van der Waals surface area contributed by atoms with Gasteiger partial charge in [0, 0.05) is 25.6 Å². The zero-order valence-electron chi connectivity index (χ0n) is 9.35. The van der Waals surface area contributed by atoms with E-state index >= 15 is 0 Å². The Morgan fingerprint density at radius 2 is 2.21 bits per heavy atom. The van der Waals surface area contributed by atoms with Crippen LogP contribution in [0.1, 0.15) is 31.7 Å². The molecule has 0 aromatic carbocycles. The summed E-state index contributed by atoms with van der Waals surface area (Å²) in [5, 5.41) is 9.41. The normalized spacial score (nSPS) is 8.86. The molecule has 0 radical (unpaired) electrons. The van der Waals surface area contributed by atoms with Crippen molar-refractivity contribution in [2.45, 2.75) is 33.6 Å². The summed E-state index contributed by atoms with van der Waals surface area (Å²) in [5.41, 5.74) is 1.97. The first-order valence-corrected chi connectivity index (χ1v) is 4.94. The summed E-state index contributed by atoms with van der Waals surface area (Å²) in [7, 11) is 1.64. The minimum atomic E-state index is 0.0515. The monoisotopic (exact) mass is 197 g/mol. The van der Waals surface area contributed by atoms with Gasteiger partial charge in [-0.3, -0.25) is 9.89 Å². The van der Waals surface area contributed by atoms with Crippen molar-refractivity contribution in [3.05, 3.63) is 17.5 Å². The topological polar surface area (TPSA) is 57.8 Å².